The fourth-order valence-corrected chi connectivity index (χ4v) is 1.57. The van der Waals surface area contributed by atoms with Crippen LogP contribution in [0, 0.1) is 13.8 Å². The maximum absolute atomic E-state index is 5.70. The zero-order chi connectivity index (χ0) is 11.7. The Kier molecular flexibility index (Phi) is 2.64. The molecule has 0 aromatic carbocycles. The van der Waals surface area contributed by atoms with Crippen molar-refractivity contribution in [3.05, 3.63) is 23.0 Å². The lowest BCUT2D eigenvalue weighted by atomic mass is 10.3. The summed E-state index contributed by atoms with van der Waals surface area (Å²) in [7, 11) is 0. The third-order valence-corrected chi connectivity index (χ3v) is 2.56. The van der Waals surface area contributed by atoms with E-state index < -0.39 is 0 Å². The Labute approximate surface area is 93.5 Å². The third kappa shape index (κ3) is 1.78. The van der Waals surface area contributed by atoms with E-state index in [9.17, 15) is 0 Å². The Morgan fingerprint density at radius 1 is 1.38 bits per heavy atom. The van der Waals surface area contributed by atoms with Crippen LogP contribution in [0.3, 0.4) is 0 Å². The minimum Gasteiger partial charge on any atom is -0.444 e. The van der Waals surface area contributed by atoms with Crippen molar-refractivity contribution in [2.24, 2.45) is 0 Å². The second kappa shape index (κ2) is 3.96. The second-order valence-electron chi connectivity index (χ2n) is 3.68. The van der Waals surface area contributed by atoms with Crippen LogP contribution >= 0.6 is 0 Å². The number of anilines is 1. The van der Waals surface area contributed by atoms with Crippen molar-refractivity contribution in [1.82, 2.24) is 20.0 Å². The first-order valence-electron chi connectivity index (χ1n) is 5.22. The normalized spacial score (nSPS) is 10.9. The molecule has 16 heavy (non-hydrogen) atoms. The van der Waals surface area contributed by atoms with Gasteiger partial charge in [-0.2, -0.15) is 0 Å². The van der Waals surface area contributed by atoms with Crippen LogP contribution in [0.4, 0.5) is 5.82 Å². The van der Waals surface area contributed by atoms with Gasteiger partial charge in [0.2, 0.25) is 5.89 Å². The predicted octanol–water partition coefficient (Wildman–Crippen LogP) is 1.08. The van der Waals surface area contributed by atoms with Crippen molar-refractivity contribution in [2.45, 2.75) is 33.7 Å². The van der Waals surface area contributed by atoms with E-state index in [1.54, 1.807) is 4.68 Å². The summed E-state index contributed by atoms with van der Waals surface area (Å²) in [5.41, 5.74) is 7.51. The van der Waals surface area contributed by atoms with E-state index in [-0.39, 0.29) is 0 Å². The first kappa shape index (κ1) is 10.7. The molecule has 0 saturated heterocycles. The number of oxazole rings is 1. The molecule has 86 valence electrons. The summed E-state index contributed by atoms with van der Waals surface area (Å²) in [4.78, 5) is 4.29. The van der Waals surface area contributed by atoms with Gasteiger partial charge < -0.3 is 10.2 Å². The molecule has 2 aromatic heterocycles. The van der Waals surface area contributed by atoms with Crippen molar-refractivity contribution in [2.75, 3.05) is 5.73 Å². The molecule has 2 N–H and O–H groups in total. The highest BCUT2D eigenvalue weighted by Crippen LogP contribution is 2.13. The van der Waals surface area contributed by atoms with E-state index in [0.717, 1.165) is 23.6 Å². The molecule has 0 fully saturated rings. The standard InChI is InChI=1S/C10H15N5O/c1-4-8-10(11)13-14-15(8)5-9-12-6(2)7(3)16-9/h4-5,11H2,1-3H3. The van der Waals surface area contributed by atoms with E-state index in [2.05, 4.69) is 15.3 Å². The monoisotopic (exact) mass is 221 g/mol. The Morgan fingerprint density at radius 2 is 2.12 bits per heavy atom. The van der Waals surface area contributed by atoms with Gasteiger partial charge >= 0.3 is 0 Å². The van der Waals surface area contributed by atoms with Crippen LogP contribution in [-0.2, 0) is 13.0 Å². The smallest absolute Gasteiger partial charge is 0.216 e. The average molecular weight is 221 g/mol. The van der Waals surface area contributed by atoms with Gasteiger partial charge in [-0.25, -0.2) is 9.67 Å². The molecule has 2 aromatic rings. The second-order valence-corrected chi connectivity index (χ2v) is 3.68. The van der Waals surface area contributed by atoms with Gasteiger partial charge in [-0.15, -0.1) is 5.10 Å². The van der Waals surface area contributed by atoms with Crippen molar-refractivity contribution < 1.29 is 4.42 Å². The van der Waals surface area contributed by atoms with Crippen LogP contribution in [-0.4, -0.2) is 20.0 Å². The van der Waals surface area contributed by atoms with Gasteiger partial charge in [-0.1, -0.05) is 12.1 Å². The topological polar surface area (TPSA) is 82.8 Å². The Morgan fingerprint density at radius 3 is 2.69 bits per heavy atom. The molecule has 0 spiro atoms. The number of aromatic nitrogens is 4. The van der Waals surface area contributed by atoms with Gasteiger partial charge in [0.05, 0.1) is 11.4 Å². The molecule has 0 unspecified atom stereocenters. The molecule has 0 aliphatic rings. The number of hydrogen-bond donors (Lipinski definition) is 1. The first-order chi connectivity index (χ1) is 7.61. The van der Waals surface area contributed by atoms with Crippen LogP contribution in [0.5, 0.6) is 0 Å². The highest BCUT2D eigenvalue weighted by Gasteiger charge is 2.12. The lowest BCUT2D eigenvalue weighted by molar-refractivity contribution is 0.438. The molecule has 0 saturated carbocycles. The maximum Gasteiger partial charge on any atom is 0.216 e. The number of nitrogen functional groups attached to an aromatic ring is 1. The summed E-state index contributed by atoms with van der Waals surface area (Å²) in [5.74, 6) is 1.94. The fourth-order valence-electron chi connectivity index (χ4n) is 1.57. The Bertz CT molecular complexity index is 480. The van der Waals surface area contributed by atoms with Crippen molar-refractivity contribution >= 4 is 5.82 Å². The number of aryl methyl sites for hydroxylation is 2. The summed E-state index contributed by atoms with van der Waals surface area (Å²) in [6.45, 7) is 6.29. The number of nitrogens with two attached hydrogens (primary N) is 1. The third-order valence-electron chi connectivity index (χ3n) is 2.56. The quantitative estimate of drug-likeness (QED) is 0.838. The molecule has 0 radical (unpaired) electrons. The fraction of sp³-hybridized carbons (Fsp3) is 0.500. The summed E-state index contributed by atoms with van der Waals surface area (Å²) in [6.07, 6.45) is 0.789. The molecule has 0 aliphatic heterocycles. The van der Waals surface area contributed by atoms with Crippen LogP contribution in [0.1, 0.15) is 30.0 Å². The number of hydrogen-bond acceptors (Lipinski definition) is 5. The molecule has 2 rings (SSSR count). The van der Waals surface area contributed by atoms with Gasteiger partial charge in [-0.05, 0) is 20.3 Å². The van der Waals surface area contributed by atoms with Gasteiger partial charge in [0.1, 0.15) is 12.3 Å². The van der Waals surface area contributed by atoms with Crippen LogP contribution in [0.2, 0.25) is 0 Å². The van der Waals surface area contributed by atoms with E-state index in [4.69, 9.17) is 10.2 Å². The first-order valence-corrected chi connectivity index (χ1v) is 5.22. The van der Waals surface area contributed by atoms with E-state index in [0.29, 0.717) is 18.3 Å². The molecule has 6 heteroatoms. The minimum atomic E-state index is 0.474. The summed E-state index contributed by atoms with van der Waals surface area (Å²) < 4.78 is 7.21. The lowest BCUT2D eigenvalue weighted by Crippen LogP contribution is -2.07. The van der Waals surface area contributed by atoms with E-state index in [1.165, 1.54) is 0 Å². The van der Waals surface area contributed by atoms with Crippen molar-refractivity contribution in [1.29, 1.82) is 0 Å². The van der Waals surface area contributed by atoms with Crippen molar-refractivity contribution in [3.8, 4) is 0 Å². The highest BCUT2D eigenvalue weighted by molar-refractivity contribution is 5.32. The van der Waals surface area contributed by atoms with Crippen LogP contribution < -0.4 is 5.73 Å². The highest BCUT2D eigenvalue weighted by atomic mass is 16.4. The molecule has 0 amide bonds. The maximum atomic E-state index is 5.70. The zero-order valence-electron chi connectivity index (χ0n) is 9.69. The molecule has 0 atom stereocenters. The van der Waals surface area contributed by atoms with E-state index >= 15 is 0 Å². The van der Waals surface area contributed by atoms with Gasteiger partial charge in [0.15, 0.2) is 5.82 Å². The van der Waals surface area contributed by atoms with Crippen LogP contribution in [0.25, 0.3) is 0 Å². The molecule has 6 nitrogen and oxygen atoms in total. The van der Waals surface area contributed by atoms with Gasteiger partial charge in [0.25, 0.3) is 0 Å². The summed E-state index contributed by atoms with van der Waals surface area (Å²) in [5, 5.41) is 7.80. The predicted molar refractivity (Wildman–Crippen MR) is 58.9 cm³/mol. The van der Waals surface area contributed by atoms with Crippen molar-refractivity contribution in [3.63, 3.8) is 0 Å². The Balaban J connectivity index is 2.26. The SMILES string of the molecule is CCc1c(N)nnn1Cc1nc(C)c(C)o1. The average Bonchev–Trinajstić information content (AvgIpc) is 2.72. The number of nitrogens with zero attached hydrogens (tertiary/aromatic N) is 4. The Hall–Kier alpha value is -1.85. The summed E-state index contributed by atoms with van der Waals surface area (Å²) in [6, 6.07) is 0. The molecule has 0 aliphatic carbocycles. The van der Waals surface area contributed by atoms with Gasteiger partial charge in [0, 0.05) is 0 Å². The van der Waals surface area contributed by atoms with Crippen LogP contribution in [0.15, 0.2) is 4.42 Å². The number of rotatable bonds is 3. The molecular weight excluding hydrogens is 206 g/mol. The van der Waals surface area contributed by atoms with E-state index in [1.807, 2.05) is 20.8 Å². The largest absolute Gasteiger partial charge is 0.444 e. The summed E-state index contributed by atoms with van der Waals surface area (Å²) >= 11 is 0. The van der Waals surface area contributed by atoms with Gasteiger partial charge in [-0.3, -0.25) is 0 Å². The lowest BCUT2D eigenvalue weighted by Gasteiger charge is -2.01. The minimum absolute atomic E-state index is 0.474. The zero-order valence-corrected chi connectivity index (χ0v) is 9.69. The molecule has 0 bridgehead atoms. The molecular formula is C10H15N5O. The molecule has 2 heterocycles.